The molecule has 98 valence electrons. The summed E-state index contributed by atoms with van der Waals surface area (Å²) in [6.07, 6.45) is 2.26. The third kappa shape index (κ3) is 3.10. The minimum absolute atomic E-state index is 0.336. The first-order chi connectivity index (χ1) is 8.70. The average molecular weight is 266 g/mol. The number of ether oxygens (including phenoxy) is 1. The van der Waals surface area contributed by atoms with Crippen molar-refractivity contribution in [3.05, 3.63) is 23.8 Å². The minimum Gasteiger partial charge on any atom is -0.465 e. The molecule has 1 saturated heterocycles. The van der Waals surface area contributed by atoms with Crippen molar-refractivity contribution in [1.29, 1.82) is 0 Å². The Morgan fingerprint density at radius 1 is 1.44 bits per heavy atom. The van der Waals surface area contributed by atoms with Crippen LogP contribution in [0.1, 0.15) is 23.2 Å². The molecule has 5 heteroatoms. The maximum absolute atomic E-state index is 11.5. The summed E-state index contributed by atoms with van der Waals surface area (Å²) in [4.78, 5) is 11.5. The summed E-state index contributed by atoms with van der Waals surface area (Å²) < 4.78 is 4.71. The molecular weight excluding hydrogens is 248 g/mol. The maximum atomic E-state index is 11.5. The van der Waals surface area contributed by atoms with Crippen molar-refractivity contribution >= 4 is 29.1 Å². The van der Waals surface area contributed by atoms with Gasteiger partial charge in [0.05, 0.1) is 24.0 Å². The van der Waals surface area contributed by atoms with Crippen LogP contribution in [0.2, 0.25) is 0 Å². The molecule has 0 amide bonds. The second-order valence-corrected chi connectivity index (χ2v) is 5.55. The molecule has 1 aliphatic rings. The fourth-order valence-electron chi connectivity index (χ4n) is 1.99. The quantitative estimate of drug-likeness (QED) is 0.649. The Kier molecular flexibility index (Phi) is 4.36. The van der Waals surface area contributed by atoms with E-state index < -0.39 is 0 Å². The summed E-state index contributed by atoms with van der Waals surface area (Å²) >= 11 is 1.98. The highest BCUT2D eigenvalue weighted by molar-refractivity contribution is 7.99. The number of hydrogen-bond donors (Lipinski definition) is 2. The Labute approximate surface area is 111 Å². The number of nitrogen functional groups attached to an aromatic ring is 1. The van der Waals surface area contributed by atoms with E-state index in [2.05, 4.69) is 5.32 Å². The monoisotopic (exact) mass is 266 g/mol. The molecule has 0 bridgehead atoms. The van der Waals surface area contributed by atoms with Gasteiger partial charge in [0.15, 0.2) is 0 Å². The molecule has 0 saturated carbocycles. The number of nitrogens with one attached hydrogen (secondary N) is 1. The summed E-state index contributed by atoms with van der Waals surface area (Å²) in [7, 11) is 1.38. The molecule has 0 radical (unpaired) electrons. The fraction of sp³-hybridized carbons (Fsp3) is 0.462. The van der Waals surface area contributed by atoms with E-state index in [9.17, 15) is 4.79 Å². The zero-order valence-electron chi connectivity index (χ0n) is 10.4. The van der Waals surface area contributed by atoms with Gasteiger partial charge in [-0.25, -0.2) is 4.79 Å². The van der Waals surface area contributed by atoms with Gasteiger partial charge in [-0.3, -0.25) is 0 Å². The van der Waals surface area contributed by atoms with Gasteiger partial charge in [-0.2, -0.15) is 11.8 Å². The SMILES string of the molecule is COC(=O)c1ccc(N)c(NC2CCSCC2)c1. The maximum Gasteiger partial charge on any atom is 0.337 e. The van der Waals surface area contributed by atoms with Crippen molar-refractivity contribution in [2.45, 2.75) is 18.9 Å². The summed E-state index contributed by atoms with van der Waals surface area (Å²) in [5.74, 6) is 2.01. The standard InChI is InChI=1S/C13H18N2O2S/c1-17-13(16)9-2-3-11(14)12(8-9)15-10-4-6-18-7-5-10/h2-3,8,10,15H,4-7,14H2,1H3. The van der Waals surface area contributed by atoms with Crippen molar-refractivity contribution in [1.82, 2.24) is 0 Å². The molecule has 4 nitrogen and oxygen atoms in total. The van der Waals surface area contributed by atoms with Crippen LogP contribution in [0, 0.1) is 0 Å². The fourth-order valence-corrected chi connectivity index (χ4v) is 3.09. The van der Waals surface area contributed by atoms with E-state index in [1.54, 1.807) is 18.2 Å². The molecule has 1 heterocycles. The Morgan fingerprint density at radius 3 is 2.83 bits per heavy atom. The smallest absolute Gasteiger partial charge is 0.337 e. The number of thioether (sulfide) groups is 1. The number of methoxy groups -OCH3 is 1. The largest absolute Gasteiger partial charge is 0.465 e. The molecule has 1 fully saturated rings. The molecule has 0 unspecified atom stereocenters. The highest BCUT2D eigenvalue weighted by Crippen LogP contribution is 2.25. The first-order valence-electron chi connectivity index (χ1n) is 6.03. The van der Waals surface area contributed by atoms with Crippen LogP contribution in [0.5, 0.6) is 0 Å². The minimum atomic E-state index is -0.336. The molecule has 3 N–H and O–H groups in total. The average Bonchev–Trinajstić information content (AvgIpc) is 2.41. The third-order valence-corrected chi connectivity index (χ3v) is 4.10. The van der Waals surface area contributed by atoms with Crippen LogP contribution in [0.3, 0.4) is 0 Å². The third-order valence-electron chi connectivity index (χ3n) is 3.06. The van der Waals surface area contributed by atoms with Crippen LogP contribution < -0.4 is 11.1 Å². The molecule has 1 aliphatic heterocycles. The lowest BCUT2D eigenvalue weighted by Crippen LogP contribution is -2.25. The summed E-state index contributed by atoms with van der Waals surface area (Å²) in [5.41, 5.74) is 7.95. The lowest BCUT2D eigenvalue weighted by molar-refractivity contribution is 0.0601. The summed E-state index contributed by atoms with van der Waals surface area (Å²) in [6.45, 7) is 0. The Bertz CT molecular complexity index is 431. The highest BCUT2D eigenvalue weighted by atomic mass is 32.2. The number of esters is 1. The zero-order chi connectivity index (χ0) is 13.0. The molecule has 1 aromatic carbocycles. The van der Waals surface area contributed by atoms with Crippen LogP contribution in [0.25, 0.3) is 0 Å². The molecular formula is C13H18N2O2S. The van der Waals surface area contributed by atoms with E-state index in [0.29, 0.717) is 17.3 Å². The lowest BCUT2D eigenvalue weighted by atomic mass is 10.1. The van der Waals surface area contributed by atoms with Crippen LogP contribution in [-0.2, 0) is 4.74 Å². The molecule has 0 aromatic heterocycles. The summed E-state index contributed by atoms with van der Waals surface area (Å²) in [6, 6.07) is 5.64. The molecule has 18 heavy (non-hydrogen) atoms. The predicted molar refractivity (Wildman–Crippen MR) is 76.2 cm³/mol. The van der Waals surface area contributed by atoms with Crippen LogP contribution in [0.4, 0.5) is 11.4 Å². The Morgan fingerprint density at radius 2 is 2.17 bits per heavy atom. The van der Waals surface area contributed by atoms with Crippen LogP contribution in [-0.4, -0.2) is 30.6 Å². The van der Waals surface area contributed by atoms with Gasteiger partial charge < -0.3 is 15.8 Å². The van der Waals surface area contributed by atoms with Gasteiger partial charge >= 0.3 is 5.97 Å². The van der Waals surface area contributed by atoms with Crippen molar-refractivity contribution in [2.75, 3.05) is 29.7 Å². The Balaban J connectivity index is 2.12. The molecule has 0 spiro atoms. The van der Waals surface area contributed by atoms with E-state index in [4.69, 9.17) is 10.5 Å². The van der Waals surface area contributed by atoms with E-state index in [-0.39, 0.29) is 5.97 Å². The van der Waals surface area contributed by atoms with Gasteiger partial charge in [-0.1, -0.05) is 0 Å². The van der Waals surface area contributed by atoms with Gasteiger partial charge in [0.1, 0.15) is 0 Å². The highest BCUT2D eigenvalue weighted by Gasteiger charge is 2.15. The van der Waals surface area contributed by atoms with E-state index in [1.807, 2.05) is 11.8 Å². The molecule has 1 aromatic rings. The van der Waals surface area contributed by atoms with Crippen LogP contribution >= 0.6 is 11.8 Å². The topological polar surface area (TPSA) is 64.3 Å². The first-order valence-corrected chi connectivity index (χ1v) is 7.18. The van der Waals surface area contributed by atoms with Gasteiger partial charge in [0, 0.05) is 6.04 Å². The second-order valence-electron chi connectivity index (χ2n) is 4.32. The van der Waals surface area contributed by atoms with Gasteiger partial charge in [0.25, 0.3) is 0 Å². The van der Waals surface area contributed by atoms with Gasteiger partial charge in [0.2, 0.25) is 0 Å². The first kappa shape index (κ1) is 13.1. The van der Waals surface area contributed by atoms with Crippen molar-refractivity contribution in [2.24, 2.45) is 0 Å². The van der Waals surface area contributed by atoms with Gasteiger partial charge in [-0.15, -0.1) is 0 Å². The van der Waals surface area contributed by atoms with E-state index >= 15 is 0 Å². The van der Waals surface area contributed by atoms with Gasteiger partial charge in [-0.05, 0) is 42.5 Å². The van der Waals surface area contributed by atoms with Crippen LogP contribution in [0.15, 0.2) is 18.2 Å². The number of carbonyl (C=O) groups is 1. The zero-order valence-corrected chi connectivity index (χ0v) is 11.3. The second kappa shape index (κ2) is 6.00. The van der Waals surface area contributed by atoms with Crippen molar-refractivity contribution in [3.63, 3.8) is 0 Å². The molecule has 2 rings (SSSR count). The number of rotatable bonds is 3. The number of nitrogens with two attached hydrogens (primary N) is 1. The lowest BCUT2D eigenvalue weighted by Gasteiger charge is -2.24. The number of anilines is 2. The van der Waals surface area contributed by atoms with Crippen molar-refractivity contribution < 1.29 is 9.53 Å². The van der Waals surface area contributed by atoms with E-state index in [0.717, 1.165) is 18.5 Å². The molecule has 0 atom stereocenters. The van der Waals surface area contributed by atoms with Crippen molar-refractivity contribution in [3.8, 4) is 0 Å². The predicted octanol–water partition coefficient (Wildman–Crippen LogP) is 2.36. The summed E-state index contributed by atoms with van der Waals surface area (Å²) in [5, 5.41) is 3.42. The van der Waals surface area contributed by atoms with E-state index in [1.165, 1.54) is 18.6 Å². The number of benzene rings is 1. The normalized spacial score (nSPS) is 16.3. The number of carbonyl (C=O) groups excluding carboxylic acids is 1. The Hall–Kier alpha value is -1.36. The number of hydrogen-bond acceptors (Lipinski definition) is 5. The molecule has 0 aliphatic carbocycles.